The number of amides is 1. The van der Waals surface area contributed by atoms with Crippen LogP contribution < -0.4 is 0 Å². The maximum absolute atomic E-state index is 13.8. The molecule has 2 aliphatic rings. The number of morpholine rings is 1. The summed E-state index contributed by atoms with van der Waals surface area (Å²) in [6.45, 7) is 7.13. The van der Waals surface area contributed by atoms with Crippen molar-refractivity contribution >= 4 is 5.91 Å². The number of hydrogen-bond donors (Lipinski definition) is 0. The zero-order valence-corrected chi connectivity index (χ0v) is 14.2. The fraction of sp³-hybridized carbons (Fsp3) is 0.611. The van der Waals surface area contributed by atoms with Gasteiger partial charge in [0, 0.05) is 44.4 Å². The summed E-state index contributed by atoms with van der Waals surface area (Å²) in [6.07, 6.45) is 1.22. The van der Waals surface area contributed by atoms with Gasteiger partial charge in [0.1, 0.15) is 17.7 Å². The SMILES string of the molecule is CCN1CC2(CCN(Cc3ccc(F)cc3F)CC2)O[C@@H](C)C1=O. The highest BCUT2D eigenvalue weighted by Gasteiger charge is 2.44. The lowest BCUT2D eigenvalue weighted by molar-refractivity contribution is -0.189. The summed E-state index contributed by atoms with van der Waals surface area (Å²) in [7, 11) is 0. The monoisotopic (exact) mass is 338 g/mol. The van der Waals surface area contributed by atoms with E-state index >= 15 is 0 Å². The number of nitrogens with zero attached hydrogens (tertiary/aromatic N) is 2. The minimum absolute atomic E-state index is 0.0546. The average molecular weight is 338 g/mol. The van der Waals surface area contributed by atoms with Crippen LogP contribution in [0.1, 0.15) is 32.3 Å². The summed E-state index contributed by atoms with van der Waals surface area (Å²) in [4.78, 5) is 16.1. The molecule has 2 heterocycles. The third-order valence-corrected chi connectivity index (χ3v) is 5.12. The molecule has 1 aromatic carbocycles. The third-order valence-electron chi connectivity index (χ3n) is 5.12. The third kappa shape index (κ3) is 3.44. The zero-order valence-electron chi connectivity index (χ0n) is 14.2. The van der Waals surface area contributed by atoms with Crippen molar-refractivity contribution in [2.75, 3.05) is 26.2 Å². The maximum Gasteiger partial charge on any atom is 0.251 e. The van der Waals surface area contributed by atoms with Crippen molar-refractivity contribution < 1.29 is 18.3 Å². The molecule has 2 fully saturated rings. The van der Waals surface area contributed by atoms with Crippen LogP contribution in [0.25, 0.3) is 0 Å². The number of ether oxygens (including phenoxy) is 1. The smallest absolute Gasteiger partial charge is 0.251 e. The molecule has 1 atom stereocenters. The van der Waals surface area contributed by atoms with Gasteiger partial charge in [-0.2, -0.15) is 0 Å². The van der Waals surface area contributed by atoms with E-state index in [2.05, 4.69) is 4.90 Å². The average Bonchev–Trinajstić information content (AvgIpc) is 2.56. The molecule has 132 valence electrons. The summed E-state index contributed by atoms with van der Waals surface area (Å²) >= 11 is 0. The first-order chi connectivity index (χ1) is 11.4. The topological polar surface area (TPSA) is 32.8 Å². The first-order valence-electron chi connectivity index (χ1n) is 8.55. The number of carbonyl (C=O) groups excluding carboxylic acids is 1. The van der Waals surface area contributed by atoms with Crippen LogP contribution in [0.3, 0.4) is 0 Å². The van der Waals surface area contributed by atoms with E-state index in [9.17, 15) is 13.6 Å². The summed E-state index contributed by atoms with van der Waals surface area (Å²) in [5.74, 6) is -0.998. The van der Waals surface area contributed by atoms with E-state index < -0.39 is 17.7 Å². The second-order valence-electron chi connectivity index (χ2n) is 6.81. The van der Waals surface area contributed by atoms with Gasteiger partial charge in [-0.1, -0.05) is 6.07 Å². The molecular weight excluding hydrogens is 314 g/mol. The zero-order chi connectivity index (χ0) is 17.3. The minimum Gasteiger partial charge on any atom is -0.360 e. The number of piperidine rings is 1. The molecule has 2 saturated heterocycles. The van der Waals surface area contributed by atoms with Crippen LogP contribution in [-0.4, -0.2) is 53.6 Å². The Hall–Kier alpha value is -1.53. The molecular formula is C18H24F2N2O2. The molecule has 6 heteroatoms. The largest absolute Gasteiger partial charge is 0.360 e. The van der Waals surface area contributed by atoms with E-state index in [1.807, 2.05) is 18.7 Å². The molecule has 0 N–H and O–H groups in total. The lowest BCUT2D eigenvalue weighted by Gasteiger charge is -2.49. The summed E-state index contributed by atoms with van der Waals surface area (Å²) < 4.78 is 32.9. The number of likely N-dealkylation sites (tertiary alicyclic amines) is 1. The molecule has 3 rings (SSSR count). The quantitative estimate of drug-likeness (QED) is 0.849. The standard InChI is InChI=1S/C18H24F2N2O2/c1-3-22-12-18(24-13(2)17(22)23)6-8-21(9-7-18)11-14-4-5-15(19)10-16(14)20/h4-5,10,13H,3,6-9,11-12H2,1-2H3/t13-/m0/s1. The number of carbonyl (C=O) groups is 1. The number of hydrogen-bond acceptors (Lipinski definition) is 3. The van der Waals surface area contributed by atoms with Crippen molar-refractivity contribution in [1.29, 1.82) is 0 Å². The molecule has 0 radical (unpaired) electrons. The van der Waals surface area contributed by atoms with Crippen LogP contribution in [0.4, 0.5) is 8.78 Å². The first-order valence-corrected chi connectivity index (χ1v) is 8.55. The van der Waals surface area contributed by atoms with E-state index in [4.69, 9.17) is 4.74 Å². The van der Waals surface area contributed by atoms with Crippen molar-refractivity contribution in [2.45, 2.75) is 44.9 Å². The van der Waals surface area contributed by atoms with Gasteiger partial charge in [-0.3, -0.25) is 9.69 Å². The molecule has 1 aromatic rings. The molecule has 0 aromatic heterocycles. The van der Waals surface area contributed by atoms with Crippen LogP contribution in [-0.2, 0) is 16.1 Å². The second kappa shape index (κ2) is 6.76. The lowest BCUT2D eigenvalue weighted by Crippen LogP contribution is -2.61. The Morgan fingerprint density at radius 1 is 1.29 bits per heavy atom. The summed E-state index contributed by atoms with van der Waals surface area (Å²) in [6, 6.07) is 3.73. The maximum atomic E-state index is 13.8. The highest BCUT2D eigenvalue weighted by Crippen LogP contribution is 2.33. The predicted molar refractivity (Wildman–Crippen MR) is 86.4 cm³/mol. The van der Waals surface area contributed by atoms with Gasteiger partial charge >= 0.3 is 0 Å². The minimum atomic E-state index is -0.553. The normalized spacial score (nSPS) is 24.6. The van der Waals surface area contributed by atoms with E-state index in [1.165, 1.54) is 12.1 Å². The molecule has 1 spiro atoms. The van der Waals surface area contributed by atoms with E-state index in [-0.39, 0.29) is 11.5 Å². The second-order valence-corrected chi connectivity index (χ2v) is 6.81. The van der Waals surface area contributed by atoms with Gasteiger partial charge in [0.25, 0.3) is 5.91 Å². The van der Waals surface area contributed by atoms with Crippen LogP contribution >= 0.6 is 0 Å². The lowest BCUT2D eigenvalue weighted by atomic mass is 9.88. The summed E-state index contributed by atoms with van der Waals surface area (Å²) in [5.41, 5.74) is 0.219. The molecule has 4 nitrogen and oxygen atoms in total. The Kier molecular flexibility index (Phi) is 4.88. The fourth-order valence-corrected chi connectivity index (χ4v) is 3.70. The van der Waals surface area contributed by atoms with E-state index in [0.29, 0.717) is 25.2 Å². The molecule has 1 amide bonds. The molecule has 2 aliphatic heterocycles. The van der Waals surface area contributed by atoms with Gasteiger partial charge in [0.05, 0.1) is 5.60 Å². The van der Waals surface area contributed by atoms with Gasteiger partial charge in [-0.25, -0.2) is 8.78 Å². The molecule has 24 heavy (non-hydrogen) atoms. The van der Waals surface area contributed by atoms with E-state index in [1.54, 1.807) is 0 Å². The Labute approximate surface area is 141 Å². The van der Waals surface area contributed by atoms with Crippen molar-refractivity contribution in [3.8, 4) is 0 Å². The van der Waals surface area contributed by atoms with Gasteiger partial charge in [0.15, 0.2) is 0 Å². The van der Waals surface area contributed by atoms with Gasteiger partial charge in [-0.05, 0) is 32.8 Å². The van der Waals surface area contributed by atoms with Gasteiger partial charge < -0.3 is 9.64 Å². The molecule has 0 unspecified atom stereocenters. The van der Waals surface area contributed by atoms with E-state index in [0.717, 1.165) is 32.0 Å². The van der Waals surface area contributed by atoms with Crippen molar-refractivity contribution in [2.24, 2.45) is 0 Å². The fourth-order valence-electron chi connectivity index (χ4n) is 3.70. The molecule has 0 aliphatic carbocycles. The number of halogens is 2. The Bertz CT molecular complexity index is 615. The van der Waals surface area contributed by atoms with Crippen LogP contribution in [0.5, 0.6) is 0 Å². The van der Waals surface area contributed by atoms with Gasteiger partial charge in [0.2, 0.25) is 0 Å². The Morgan fingerprint density at radius 3 is 2.62 bits per heavy atom. The Morgan fingerprint density at radius 2 is 2.00 bits per heavy atom. The van der Waals surface area contributed by atoms with Gasteiger partial charge in [-0.15, -0.1) is 0 Å². The molecule has 0 bridgehead atoms. The van der Waals surface area contributed by atoms with Crippen molar-refractivity contribution in [3.05, 3.63) is 35.4 Å². The first kappa shape index (κ1) is 17.3. The Balaban J connectivity index is 1.62. The predicted octanol–water partition coefficient (Wildman–Crippen LogP) is 2.57. The molecule has 0 saturated carbocycles. The number of likely N-dealkylation sites (N-methyl/N-ethyl adjacent to an activating group) is 1. The highest BCUT2D eigenvalue weighted by atomic mass is 19.1. The van der Waals surface area contributed by atoms with Crippen molar-refractivity contribution in [3.63, 3.8) is 0 Å². The number of benzene rings is 1. The van der Waals surface area contributed by atoms with Crippen molar-refractivity contribution in [1.82, 2.24) is 9.80 Å². The number of rotatable bonds is 3. The highest BCUT2D eigenvalue weighted by molar-refractivity contribution is 5.81. The summed E-state index contributed by atoms with van der Waals surface area (Å²) in [5, 5.41) is 0. The van der Waals surface area contributed by atoms with Crippen LogP contribution in [0.2, 0.25) is 0 Å². The van der Waals surface area contributed by atoms with Crippen LogP contribution in [0, 0.1) is 11.6 Å². The van der Waals surface area contributed by atoms with Crippen LogP contribution in [0.15, 0.2) is 18.2 Å².